The van der Waals surface area contributed by atoms with Crippen LogP contribution in [0, 0.1) is 0 Å². The van der Waals surface area contributed by atoms with Crippen LogP contribution in [0.3, 0.4) is 0 Å². The number of aryl methyl sites for hydroxylation is 1. The fourth-order valence-electron chi connectivity index (χ4n) is 2.68. The summed E-state index contributed by atoms with van der Waals surface area (Å²) in [5.74, 6) is 0.238. The zero-order chi connectivity index (χ0) is 15.7. The number of nitrogens with one attached hydrogen (secondary N) is 1. The Kier molecular flexibility index (Phi) is 3.66. The maximum absolute atomic E-state index is 12.4. The molecule has 1 atom stereocenters. The van der Waals surface area contributed by atoms with E-state index in [2.05, 4.69) is 20.5 Å². The Hall–Kier alpha value is -2.64. The van der Waals surface area contributed by atoms with Gasteiger partial charge in [0.05, 0.1) is 17.9 Å². The number of nitrogens with zero attached hydrogens (tertiary/aromatic N) is 5. The molecule has 0 saturated carbocycles. The van der Waals surface area contributed by atoms with Crippen molar-refractivity contribution >= 4 is 11.9 Å². The lowest BCUT2D eigenvalue weighted by Crippen LogP contribution is -2.31. The van der Waals surface area contributed by atoms with E-state index in [-0.39, 0.29) is 5.97 Å². The van der Waals surface area contributed by atoms with E-state index in [1.165, 1.54) is 6.33 Å². The molecule has 8 heteroatoms. The molecule has 0 bridgehead atoms. The summed E-state index contributed by atoms with van der Waals surface area (Å²) in [6, 6.07) is 1.48. The van der Waals surface area contributed by atoms with Crippen molar-refractivity contribution in [2.75, 3.05) is 11.9 Å². The van der Waals surface area contributed by atoms with Gasteiger partial charge in [0.15, 0.2) is 0 Å². The van der Waals surface area contributed by atoms with Crippen molar-refractivity contribution in [2.45, 2.75) is 33.4 Å². The zero-order valence-electron chi connectivity index (χ0n) is 12.8. The van der Waals surface area contributed by atoms with Crippen LogP contribution in [-0.4, -0.2) is 37.1 Å². The summed E-state index contributed by atoms with van der Waals surface area (Å²) < 4.78 is 8.74. The summed E-state index contributed by atoms with van der Waals surface area (Å²) in [4.78, 5) is 16.6. The number of ether oxygens (including phenoxy) is 1. The van der Waals surface area contributed by atoms with Gasteiger partial charge in [0.1, 0.15) is 12.4 Å². The molecule has 0 spiro atoms. The third kappa shape index (κ3) is 2.16. The lowest BCUT2D eigenvalue weighted by molar-refractivity contribution is -0.139. The second-order valence-electron chi connectivity index (χ2n) is 4.89. The average Bonchev–Trinajstić information content (AvgIpc) is 3.14. The van der Waals surface area contributed by atoms with Gasteiger partial charge in [0.2, 0.25) is 5.95 Å². The van der Waals surface area contributed by atoms with E-state index in [9.17, 15) is 4.79 Å². The molecular weight excluding hydrogens is 284 g/mol. The highest BCUT2D eigenvalue weighted by Gasteiger charge is 2.35. The number of rotatable bonds is 4. The van der Waals surface area contributed by atoms with E-state index in [1.807, 2.05) is 24.6 Å². The summed E-state index contributed by atoms with van der Waals surface area (Å²) in [6.45, 7) is 6.64. The van der Waals surface area contributed by atoms with Crippen LogP contribution in [0.15, 0.2) is 29.9 Å². The predicted octanol–water partition coefficient (Wildman–Crippen LogP) is 1.35. The van der Waals surface area contributed by atoms with Gasteiger partial charge >= 0.3 is 5.97 Å². The summed E-state index contributed by atoms with van der Waals surface area (Å²) in [6.07, 6.45) is 3.18. The van der Waals surface area contributed by atoms with E-state index in [4.69, 9.17) is 4.74 Å². The summed E-state index contributed by atoms with van der Waals surface area (Å²) in [5, 5.41) is 11.6. The number of anilines is 1. The quantitative estimate of drug-likeness (QED) is 0.858. The SMILES string of the molecule is CCOC(=O)C1=C(C)Nc2ncnn2C1c1ccnn1CC. The molecule has 2 aromatic heterocycles. The molecule has 1 unspecified atom stereocenters. The van der Waals surface area contributed by atoms with Crippen LogP contribution in [0.1, 0.15) is 32.5 Å². The second-order valence-corrected chi connectivity index (χ2v) is 4.89. The average molecular weight is 302 g/mol. The van der Waals surface area contributed by atoms with Gasteiger partial charge in [-0.2, -0.15) is 15.2 Å². The summed E-state index contributed by atoms with van der Waals surface area (Å²) >= 11 is 0. The first-order valence-corrected chi connectivity index (χ1v) is 7.23. The number of allylic oxidation sites excluding steroid dienone is 1. The standard InChI is InChI=1S/C14H18N6O2/c1-4-19-10(6-7-16-19)12-11(13(21)22-5-2)9(3)18-14-15-8-17-20(12)14/h6-8,12H,4-5H2,1-3H3,(H,15,17,18). The van der Waals surface area contributed by atoms with Gasteiger partial charge in [-0.1, -0.05) is 0 Å². The number of fused-ring (bicyclic) bond motifs is 1. The van der Waals surface area contributed by atoms with Crippen molar-refractivity contribution in [1.82, 2.24) is 24.5 Å². The molecule has 1 aliphatic rings. The van der Waals surface area contributed by atoms with Crippen LogP contribution < -0.4 is 5.32 Å². The Morgan fingerprint density at radius 1 is 1.41 bits per heavy atom. The van der Waals surface area contributed by atoms with Crippen LogP contribution in [0.2, 0.25) is 0 Å². The van der Waals surface area contributed by atoms with Crippen LogP contribution in [0.25, 0.3) is 0 Å². The Morgan fingerprint density at radius 3 is 2.95 bits per heavy atom. The lowest BCUT2D eigenvalue weighted by Gasteiger charge is -2.28. The molecule has 0 saturated heterocycles. The first-order chi connectivity index (χ1) is 10.7. The van der Waals surface area contributed by atoms with Crippen molar-refractivity contribution < 1.29 is 9.53 Å². The number of aromatic nitrogens is 5. The second kappa shape index (κ2) is 5.63. The fraction of sp³-hybridized carbons (Fsp3) is 0.429. The van der Waals surface area contributed by atoms with Crippen molar-refractivity contribution in [2.24, 2.45) is 0 Å². The van der Waals surface area contributed by atoms with Gasteiger partial charge in [0, 0.05) is 18.4 Å². The van der Waals surface area contributed by atoms with Gasteiger partial charge in [-0.15, -0.1) is 0 Å². The van der Waals surface area contributed by atoms with E-state index in [1.54, 1.807) is 17.8 Å². The molecule has 0 radical (unpaired) electrons. The number of carbonyl (C=O) groups excluding carboxylic acids is 1. The molecule has 22 heavy (non-hydrogen) atoms. The van der Waals surface area contributed by atoms with Crippen LogP contribution in [0.4, 0.5) is 5.95 Å². The molecule has 0 aromatic carbocycles. The predicted molar refractivity (Wildman–Crippen MR) is 79.0 cm³/mol. The zero-order valence-corrected chi connectivity index (χ0v) is 12.8. The molecule has 8 nitrogen and oxygen atoms in total. The maximum Gasteiger partial charge on any atom is 0.338 e. The van der Waals surface area contributed by atoms with Crippen LogP contribution >= 0.6 is 0 Å². The topological polar surface area (TPSA) is 86.9 Å². The van der Waals surface area contributed by atoms with Crippen molar-refractivity contribution in [3.63, 3.8) is 0 Å². The number of hydrogen-bond donors (Lipinski definition) is 1. The number of carbonyl (C=O) groups is 1. The summed E-state index contributed by atoms with van der Waals surface area (Å²) in [5.41, 5.74) is 2.11. The molecular formula is C14H18N6O2. The monoisotopic (exact) mass is 302 g/mol. The van der Waals surface area contributed by atoms with Crippen molar-refractivity contribution in [3.8, 4) is 0 Å². The van der Waals surface area contributed by atoms with Crippen LogP contribution in [-0.2, 0) is 16.1 Å². The minimum atomic E-state index is -0.403. The smallest absolute Gasteiger partial charge is 0.338 e. The third-order valence-electron chi connectivity index (χ3n) is 3.62. The van der Waals surface area contributed by atoms with E-state index in [0.717, 1.165) is 5.69 Å². The Labute approximate surface area is 127 Å². The minimum absolute atomic E-state index is 0.319. The highest BCUT2D eigenvalue weighted by molar-refractivity contribution is 5.92. The van der Waals surface area contributed by atoms with Crippen molar-refractivity contribution in [1.29, 1.82) is 0 Å². The van der Waals surface area contributed by atoms with Gasteiger partial charge in [-0.05, 0) is 26.8 Å². The minimum Gasteiger partial charge on any atom is -0.463 e. The third-order valence-corrected chi connectivity index (χ3v) is 3.62. The lowest BCUT2D eigenvalue weighted by atomic mass is 10.00. The molecule has 2 aromatic rings. The largest absolute Gasteiger partial charge is 0.463 e. The van der Waals surface area contributed by atoms with Gasteiger partial charge in [-0.3, -0.25) is 4.68 Å². The van der Waals surface area contributed by atoms with E-state index < -0.39 is 6.04 Å². The normalized spacial score (nSPS) is 17.1. The number of hydrogen-bond acceptors (Lipinski definition) is 6. The molecule has 3 rings (SSSR count). The maximum atomic E-state index is 12.4. The van der Waals surface area contributed by atoms with E-state index >= 15 is 0 Å². The molecule has 116 valence electrons. The molecule has 0 aliphatic carbocycles. The Morgan fingerprint density at radius 2 is 2.23 bits per heavy atom. The van der Waals surface area contributed by atoms with E-state index in [0.29, 0.717) is 30.4 Å². The van der Waals surface area contributed by atoms with Gasteiger partial charge in [0.25, 0.3) is 0 Å². The molecule has 1 N–H and O–H groups in total. The van der Waals surface area contributed by atoms with Crippen molar-refractivity contribution in [3.05, 3.63) is 35.6 Å². The fourth-order valence-corrected chi connectivity index (χ4v) is 2.68. The Bertz CT molecular complexity index is 729. The van der Waals surface area contributed by atoms with Gasteiger partial charge < -0.3 is 10.1 Å². The van der Waals surface area contributed by atoms with Crippen LogP contribution in [0.5, 0.6) is 0 Å². The Balaban J connectivity index is 2.15. The molecule has 0 fully saturated rings. The summed E-state index contributed by atoms with van der Waals surface area (Å²) in [7, 11) is 0. The molecule has 0 amide bonds. The number of esters is 1. The highest BCUT2D eigenvalue weighted by Crippen LogP contribution is 2.34. The van der Waals surface area contributed by atoms with Gasteiger partial charge in [-0.25, -0.2) is 9.48 Å². The first kappa shape index (κ1) is 14.3. The first-order valence-electron chi connectivity index (χ1n) is 7.23. The molecule has 1 aliphatic heterocycles. The molecule has 3 heterocycles. The highest BCUT2D eigenvalue weighted by atomic mass is 16.5.